The van der Waals surface area contributed by atoms with Crippen molar-refractivity contribution in [2.75, 3.05) is 19.7 Å². The molecule has 6 nitrogen and oxygen atoms in total. The van der Waals surface area contributed by atoms with E-state index in [0.29, 0.717) is 19.1 Å². The monoisotopic (exact) mass is 293 g/mol. The highest BCUT2D eigenvalue weighted by Crippen LogP contribution is 2.32. The largest absolute Gasteiger partial charge is 0.465 e. The van der Waals surface area contributed by atoms with Crippen LogP contribution in [0.4, 0.5) is 4.79 Å². The summed E-state index contributed by atoms with van der Waals surface area (Å²) in [4.78, 5) is 25.5. The zero-order chi connectivity index (χ0) is 15.4. The summed E-state index contributed by atoms with van der Waals surface area (Å²) < 4.78 is 7.00. The summed E-state index contributed by atoms with van der Waals surface area (Å²) in [5.74, 6) is -0.111. The van der Waals surface area contributed by atoms with Gasteiger partial charge in [-0.15, -0.1) is 0 Å². The van der Waals surface area contributed by atoms with Crippen LogP contribution in [0.15, 0.2) is 18.3 Å². The lowest BCUT2D eigenvalue weighted by Gasteiger charge is -2.39. The van der Waals surface area contributed by atoms with Crippen molar-refractivity contribution in [3.05, 3.63) is 24.0 Å². The molecule has 116 valence electrons. The third-order valence-electron chi connectivity index (χ3n) is 3.67. The number of hydrogen-bond donors (Lipinski definition) is 1. The third-order valence-corrected chi connectivity index (χ3v) is 3.67. The Bertz CT molecular complexity index is 510. The zero-order valence-corrected chi connectivity index (χ0v) is 12.8. The Balaban J connectivity index is 2.05. The molecule has 0 radical (unpaired) electrons. The molecule has 1 aliphatic heterocycles. The number of aromatic nitrogens is 1. The first-order chi connectivity index (χ1) is 10.0. The summed E-state index contributed by atoms with van der Waals surface area (Å²) in [5, 5.41) is 2.65. The SMILES string of the molecule is CCOC(=O)CNC(=O)N1CCn2cccc2[C@@H]1C(C)C. The van der Waals surface area contributed by atoms with Gasteiger partial charge in [0.25, 0.3) is 0 Å². The van der Waals surface area contributed by atoms with Gasteiger partial charge in [0.05, 0.1) is 12.6 Å². The third kappa shape index (κ3) is 3.37. The standard InChI is InChI=1S/C15H23N3O3/c1-4-21-13(19)10-16-15(20)18-9-8-17-7-5-6-12(17)14(18)11(2)3/h5-7,11,14H,4,8-10H2,1-3H3,(H,16,20)/t14-/m0/s1. The van der Waals surface area contributed by atoms with Crippen molar-refractivity contribution < 1.29 is 14.3 Å². The molecule has 2 amide bonds. The highest BCUT2D eigenvalue weighted by atomic mass is 16.5. The van der Waals surface area contributed by atoms with Gasteiger partial charge in [-0.2, -0.15) is 0 Å². The van der Waals surface area contributed by atoms with E-state index in [1.165, 1.54) is 0 Å². The number of nitrogens with one attached hydrogen (secondary N) is 1. The Morgan fingerprint density at radius 1 is 1.43 bits per heavy atom. The first-order valence-electron chi connectivity index (χ1n) is 7.39. The van der Waals surface area contributed by atoms with E-state index in [0.717, 1.165) is 12.2 Å². The van der Waals surface area contributed by atoms with Gasteiger partial charge < -0.3 is 19.5 Å². The van der Waals surface area contributed by atoms with Crippen LogP contribution < -0.4 is 5.32 Å². The normalized spacial score (nSPS) is 17.5. The molecule has 0 fully saturated rings. The molecule has 0 aromatic carbocycles. The first-order valence-corrected chi connectivity index (χ1v) is 7.39. The van der Waals surface area contributed by atoms with Crippen molar-refractivity contribution >= 4 is 12.0 Å². The summed E-state index contributed by atoms with van der Waals surface area (Å²) in [6.07, 6.45) is 2.04. The van der Waals surface area contributed by atoms with Crippen LogP contribution >= 0.6 is 0 Å². The number of urea groups is 1. The number of carbonyl (C=O) groups excluding carboxylic acids is 2. The average molecular weight is 293 g/mol. The van der Waals surface area contributed by atoms with Crippen molar-refractivity contribution in [1.29, 1.82) is 0 Å². The highest BCUT2D eigenvalue weighted by Gasteiger charge is 2.32. The number of rotatable bonds is 4. The topological polar surface area (TPSA) is 63.6 Å². The molecule has 2 heterocycles. The molecule has 1 aliphatic rings. The van der Waals surface area contributed by atoms with Crippen molar-refractivity contribution in [2.24, 2.45) is 5.92 Å². The summed E-state index contributed by atoms with van der Waals surface area (Å²) in [6.45, 7) is 7.58. The Labute approximate surface area is 125 Å². The van der Waals surface area contributed by atoms with E-state index in [9.17, 15) is 9.59 Å². The molecule has 0 spiro atoms. The van der Waals surface area contributed by atoms with Crippen molar-refractivity contribution in [1.82, 2.24) is 14.8 Å². The first kappa shape index (κ1) is 15.4. The van der Waals surface area contributed by atoms with Gasteiger partial charge in [0.1, 0.15) is 6.54 Å². The number of fused-ring (bicyclic) bond motifs is 1. The van der Waals surface area contributed by atoms with Crippen LogP contribution in [-0.2, 0) is 16.1 Å². The molecule has 0 bridgehead atoms. The molecule has 6 heteroatoms. The van der Waals surface area contributed by atoms with Gasteiger partial charge >= 0.3 is 12.0 Å². The van der Waals surface area contributed by atoms with E-state index in [4.69, 9.17) is 4.74 Å². The summed E-state index contributed by atoms with van der Waals surface area (Å²) >= 11 is 0. The molecule has 2 rings (SSSR count). The van der Waals surface area contributed by atoms with Gasteiger partial charge in [0, 0.05) is 25.0 Å². The molecular formula is C15H23N3O3. The van der Waals surface area contributed by atoms with Crippen LogP contribution in [0.1, 0.15) is 32.5 Å². The zero-order valence-electron chi connectivity index (χ0n) is 12.8. The van der Waals surface area contributed by atoms with Crippen LogP contribution in [0.5, 0.6) is 0 Å². The number of ether oxygens (including phenoxy) is 1. The molecule has 1 N–H and O–H groups in total. The van der Waals surface area contributed by atoms with Crippen molar-refractivity contribution in [3.8, 4) is 0 Å². The van der Waals surface area contributed by atoms with E-state index in [1.807, 2.05) is 12.3 Å². The molecule has 0 aliphatic carbocycles. The van der Waals surface area contributed by atoms with Gasteiger partial charge in [-0.05, 0) is 25.0 Å². The second kappa shape index (κ2) is 6.65. The molecule has 0 unspecified atom stereocenters. The van der Waals surface area contributed by atoms with E-state index in [1.54, 1.807) is 11.8 Å². The minimum Gasteiger partial charge on any atom is -0.465 e. The molecule has 1 aromatic heterocycles. The fourth-order valence-electron chi connectivity index (χ4n) is 2.80. The van der Waals surface area contributed by atoms with E-state index in [-0.39, 0.29) is 18.6 Å². The van der Waals surface area contributed by atoms with Crippen LogP contribution in [-0.4, -0.2) is 41.2 Å². The lowest BCUT2D eigenvalue weighted by Crippen LogP contribution is -2.49. The lowest BCUT2D eigenvalue weighted by atomic mass is 9.97. The van der Waals surface area contributed by atoms with Gasteiger partial charge in [-0.3, -0.25) is 4.79 Å². The average Bonchev–Trinajstić information content (AvgIpc) is 2.91. The summed E-state index contributed by atoms with van der Waals surface area (Å²) in [7, 11) is 0. The Hall–Kier alpha value is -1.98. The number of hydrogen-bond acceptors (Lipinski definition) is 3. The van der Waals surface area contributed by atoms with E-state index >= 15 is 0 Å². The predicted molar refractivity (Wildman–Crippen MR) is 78.7 cm³/mol. The van der Waals surface area contributed by atoms with Gasteiger partial charge in [0.15, 0.2) is 0 Å². The second-order valence-corrected chi connectivity index (χ2v) is 5.47. The minimum atomic E-state index is -0.410. The maximum absolute atomic E-state index is 12.4. The van der Waals surface area contributed by atoms with E-state index < -0.39 is 5.97 Å². The van der Waals surface area contributed by atoms with Crippen molar-refractivity contribution in [2.45, 2.75) is 33.4 Å². The Morgan fingerprint density at radius 2 is 2.19 bits per heavy atom. The quantitative estimate of drug-likeness (QED) is 0.861. The van der Waals surface area contributed by atoms with E-state index in [2.05, 4.69) is 29.8 Å². The van der Waals surface area contributed by atoms with Crippen LogP contribution in [0.25, 0.3) is 0 Å². The molecule has 1 aromatic rings. The number of carbonyl (C=O) groups is 2. The highest BCUT2D eigenvalue weighted by molar-refractivity contribution is 5.81. The van der Waals surface area contributed by atoms with Crippen LogP contribution in [0.2, 0.25) is 0 Å². The molecule has 0 saturated carbocycles. The second-order valence-electron chi connectivity index (χ2n) is 5.47. The predicted octanol–water partition coefficient (Wildman–Crippen LogP) is 1.77. The van der Waals surface area contributed by atoms with Gasteiger partial charge in [-0.25, -0.2) is 4.79 Å². The Kier molecular flexibility index (Phi) is 4.88. The number of amides is 2. The molecule has 1 atom stereocenters. The smallest absolute Gasteiger partial charge is 0.325 e. The lowest BCUT2D eigenvalue weighted by molar-refractivity contribution is -0.141. The van der Waals surface area contributed by atoms with Crippen LogP contribution in [0, 0.1) is 5.92 Å². The number of nitrogens with zero attached hydrogens (tertiary/aromatic N) is 2. The van der Waals surface area contributed by atoms with Gasteiger partial charge in [-0.1, -0.05) is 13.8 Å². The van der Waals surface area contributed by atoms with Gasteiger partial charge in [0.2, 0.25) is 0 Å². The Morgan fingerprint density at radius 3 is 2.86 bits per heavy atom. The fourth-order valence-corrected chi connectivity index (χ4v) is 2.80. The maximum atomic E-state index is 12.4. The molecular weight excluding hydrogens is 270 g/mol. The molecule has 21 heavy (non-hydrogen) atoms. The number of esters is 1. The fraction of sp³-hybridized carbons (Fsp3) is 0.600. The summed E-state index contributed by atoms with van der Waals surface area (Å²) in [6, 6.07) is 3.87. The molecule has 0 saturated heterocycles. The van der Waals surface area contributed by atoms with Crippen molar-refractivity contribution in [3.63, 3.8) is 0 Å². The van der Waals surface area contributed by atoms with Crippen LogP contribution in [0.3, 0.4) is 0 Å². The summed E-state index contributed by atoms with van der Waals surface area (Å²) in [5.41, 5.74) is 1.14. The minimum absolute atomic E-state index is 0.0240. The maximum Gasteiger partial charge on any atom is 0.325 e.